The van der Waals surface area contributed by atoms with Crippen LogP contribution in [0.15, 0.2) is 60.8 Å². The smallest absolute Gasteiger partial charge is 0.416 e. The van der Waals surface area contributed by atoms with Crippen molar-refractivity contribution >= 4 is 28.5 Å². The molecule has 2 aromatic heterocycles. The van der Waals surface area contributed by atoms with Crippen LogP contribution < -0.4 is 15.4 Å². The Labute approximate surface area is 215 Å². The summed E-state index contributed by atoms with van der Waals surface area (Å²) >= 11 is 0. The lowest BCUT2D eigenvalue weighted by Crippen LogP contribution is -2.37. The molecule has 4 aromatic rings. The van der Waals surface area contributed by atoms with E-state index in [9.17, 15) is 22.8 Å². The van der Waals surface area contributed by atoms with Gasteiger partial charge in [0.2, 0.25) is 0 Å². The first-order chi connectivity index (χ1) is 18.3. The van der Waals surface area contributed by atoms with E-state index < -0.39 is 17.6 Å². The third kappa shape index (κ3) is 5.69. The van der Waals surface area contributed by atoms with Crippen LogP contribution in [0, 0.1) is 0 Å². The van der Waals surface area contributed by atoms with Crippen LogP contribution in [-0.2, 0) is 12.7 Å². The molecule has 0 atom stereocenters. The number of likely N-dealkylation sites (tertiary alicyclic amines) is 1. The Balaban J connectivity index is 1.21. The number of halogens is 3. The fourth-order valence-electron chi connectivity index (χ4n) is 4.11. The molecule has 3 amide bonds. The minimum Gasteiger partial charge on any atom is -0.457 e. The molecule has 1 aliphatic heterocycles. The monoisotopic (exact) mass is 524 g/mol. The van der Waals surface area contributed by atoms with E-state index in [1.54, 1.807) is 47.5 Å². The molecule has 38 heavy (non-hydrogen) atoms. The van der Waals surface area contributed by atoms with Crippen molar-refractivity contribution < 1.29 is 27.5 Å². The van der Waals surface area contributed by atoms with E-state index in [0.29, 0.717) is 28.4 Å². The largest absolute Gasteiger partial charge is 0.457 e. The van der Waals surface area contributed by atoms with Gasteiger partial charge in [-0.05, 0) is 61.4 Å². The number of carbonyl (C=O) groups is 2. The van der Waals surface area contributed by atoms with Crippen molar-refractivity contribution in [1.29, 1.82) is 0 Å². The zero-order chi connectivity index (χ0) is 26.7. The molecule has 196 valence electrons. The van der Waals surface area contributed by atoms with Gasteiger partial charge in [-0.2, -0.15) is 18.3 Å². The Bertz CT molecular complexity index is 1460. The average molecular weight is 525 g/mol. The first-order valence-electron chi connectivity index (χ1n) is 11.9. The molecular weight excluding hydrogens is 501 g/mol. The molecule has 1 fully saturated rings. The highest BCUT2D eigenvalue weighted by atomic mass is 19.4. The first-order valence-corrected chi connectivity index (χ1v) is 11.9. The number of aromatic nitrogens is 3. The predicted octanol–water partition coefficient (Wildman–Crippen LogP) is 5.33. The van der Waals surface area contributed by atoms with Gasteiger partial charge in [0.1, 0.15) is 11.5 Å². The van der Waals surface area contributed by atoms with Gasteiger partial charge in [-0.3, -0.25) is 14.9 Å². The summed E-state index contributed by atoms with van der Waals surface area (Å²) in [7, 11) is 0. The molecule has 5 rings (SSSR count). The molecule has 0 aliphatic carbocycles. The van der Waals surface area contributed by atoms with Gasteiger partial charge in [0.15, 0.2) is 5.69 Å². The Morgan fingerprint density at radius 3 is 2.50 bits per heavy atom. The number of fused-ring (bicyclic) bond motifs is 1. The van der Waals surface area contributed by atoms with E-state index in [-0.39, 0.29) is 23.7 Å². The highest BCUT2D eigenvalue weighted by molar-refractivity contribution is 6.11. The van der Waals surface area contributed by atoms with Crippen molar-refractivity contribution in [2.75, 3.05) is 18.4 Å². The number of hydrogen-bond donors (Lipinski definition) is 3. The second-order valence-electron chi connectivity index (χ2n) is 8.75. The molecule has 0 bridgehead atoms. The number of hydrogen-bond acceptors (Lipinski definition) is 5. The lowest BCUT2D eigenvalue weighted by molar-refractivity contribution is -0.137. The number of amides is 3. The SMILES string of the molecule is O=C(Nc1ccc(Oc2ccnc(CNC(=O)N3CCCC3)c2)cc1)c1n[nH]c2ccc(C(F)(F)F)cc12. The van der Waals surface area contributed by atoms with Crippen LogP contribution in [0.25, 0.3) is 10.9 Å². The van der Waals surface area contributed by atoms with E-state index in [4.69, 9.17) is 4.74 Å². The summed E-state index contributed by atoms with van der Waals surface area (Å²) in [5.41, 5.74) is 0.353. The molecule has 0 unspecified atom stereocenters. The lowest BCUT2D eigenvalue weighted by atomic mass is 10.1. The van der Waals surface area contributed by atoms with Gasteiger partial charge in [-0.15, -0.1) is 0 Å². The summed E-state index contributed by atoms with van der Waals surface area (Å²) in [5.74, 6) is 0.353. The fraction of sp³-hybridized carbons (Fsp3) is 0.231. The Kier molecular flexibility index (Phi) is 6.86. The summed E-state index contributed by atoms with van der Waals surface area (Å²) in [6.45, 7) is 1.79. The number of anilines is 1. The highest BCUT2D eigenvalue weighted by Crippen LogP contribution is 2.32. The normalized spacial score (nSPS) is 13.5. The molecule has 12 heteroatoms. The summed E-state index contributed by atoms with van der Waals surface area (Å²) in [6.07, 6.45) is -0.924. The van der Waals surface area contributed by atoms with Crippen molar-refractivity contribution in [3.8, 4) is 11.5 Å². The second kappa shape index (κ2) is 10.4. The van der Waals surface area contributed by atoms with Crippen LogP contribution in [0.3, 0.4) is 0 Å². The standard InChI is InChI=1S/C26H23F3N6O3/c27-26(28,29)16-3-8-22-21(13-16)23(34-33-22)24(36)32-17-4-6-19(7-5-17)38-20-9-10-30-18(14-20)15-31-25(37)35-11-1-2-12-35/h3-10,13-14H,1-2,11-12,15H2,(H,31,37)(H,32,36)(H,33,34). The van der Waals surface area contributed by atoms with E-state index in [0.717, 1.165) is 38.1 Å². The van der Waals surface area contributed by atoms with Gasteiger partial charge in [-0.25, -0.2) is 4.79 Å². The second-order valence-corrected chi connectivity index (χ2v) is 8.75. The summed E-state index contributed by atoms with van der Waals surface area (Å²) < 4.78 is 45.1. The number of rotatable bonds is 6. The van der Waals surface area contributed by atoms with E-state index in [2.05, 4.69) is 25.8 Å². The molecule has 3 N–H and O–H groups in total. The van der Waals surface area contributed by atoms with Crippen LogP contribution in [0.2, 0.25) is 0 Å². The van der Waals surface area contributed by atoms with E-state index in [1.807, 2.05) is 0 Å². The van der Waals surface area contributed by atoms with E-state index in [1.165, 1.54) is 6.07 Å². The van der Waals surface area contributed by atoms with Gasteiger partial charge >= 0.3 is 12.2 Å². The molecule has 0 spiro atoms. The van der Waals surface area contributed by atoms with Gasteiger partial charge in [0.25, 0.3) is 5.91 Å². The van der Waals surface area contributed by atoms with Gasteiger partial charge in [-0.1, -0.05) is 0 Å². The number of H-pyrrole nitrogens is 1. The van der Waals surface area contributed by atoms with Crippen LogP contribution in [0.1, 0.15) is 34.6 Å². The third-order valence-electron chi connectivity index (χ3n) is 6.06. The number of aromatic amines is 1. The number of carbonyl (C=O) groups excluding carboxylic acids is 2. The van der Waals surface area contributed by atoms with Gasteiger partial charge < -0.3 is 20.3 Å². The topological polar surface area (TPSA) is 112 Å². The lowest BCUT2D eigenvalue weighted by Gasteiger charge is -2.16. The average Bonchev–Trinajstić information content (AvgIpc) is 3.58. The molecule has 0 radical (unpaired) electrons. The van der Waals surface area contributed by atoms with Crippen molar-refractivity contribution in [2.45, 2.75) is 25.6 Å². The minimum absolute atomic E-state index is 0.0717. The Hall–Kier alpha value is -4.61. The molecule has 3 heterocycles. The quantitative estimate of drug-likeness (QED) is 0.316. The zero-order valence-corrected chi connectivity index (χ0v) is 20.0. The number of urea groups is 1. The molecule has 0 saturated carbocycles. The number of ether oxygens (including phenoxy) is 1. The Morgan fingerprint density at radius 1 is 1.00 bits per heavy atom. The van der Waals surface area contributed by atoms with Crippen molar-refractivity contribution in [1.82, 2.24) is 25.4 Å². The minimum atomic E-state index is -4.54. The Morgan fingerprint density at radius 2 is 1.76 bits per heavy atom. The van der Waals surface area contributed by atoms with Crippen LogP contribution >= 0.6 is 0 Å². The van der Waals surface area contributed by atoms with E-state index >= 15 is 0 Å². The maximum Gasteiger partial charge on any atom is 0.416 e. The molecular formula is C26H23F3N6O3. The summed E-state index contributed by atoms with van der Waals surface area (Å²) in [6, 6.07) is 12.8. The predicted molar refractivity (Wildman–Crippen MR) is 133 cm³/mol. The van der Waals surface area contributed by atoms with Crippen LogP contribution in [0.5, 0.6) is 11.5 Å². The van der Waals surface area contributed by atoms with Gasteiger partial charge in [0, 0.05) is 36.4 Å². The van der Waals surface area contributed by atoms with Crippen molar-refractivity contribution in [3.05, 3.63) is 77.7 Å². The number of nitrogens with one attached hydrogen (secondary N) is 3. The van der Waals surface area contributed by atoms with Crippen molar-refractivity contribution in [2.24, 2.45) is 0 Å². The van der Waals surface area contributed by atoms with Gasteiger partial charge in [0.05, 0.1) is 23.3 Å². The number of alkyl halides is 3. The number of nitrogens with zero attached hydrogens (tertiary/aromatic N) is 3. The molecule has 2 aromatic carbocycles. The zero-order valence-electron chi connectivity index (χ0n) is 20.0. The molecule has 9 nitrogen and oxygen atoms in total. The number of pyridine rings is 1. The van der Waals surface area contributed by atoms with Crippen LogP contribution in [0.4, 0.5) is 23.7 Å². The first kappa shape index (κ1) is 25.1. The fourth-order valence-corrected chi connectivity index (χ4v) is 4.11. The summed E-state index contributed by atoms with van der Waals surface area (Å²) in [4.78, 5) is 30.9. The highest BCUT2D eigenvalue weighted by Gasteiger charge is 2.31. The third-order valence-corrected chi connectivity index (χ3v) is 6.06. The summed E-state index contributed by atoms with van der Waals surface area (Å²) in [5, 5.41) is 12.0. The maximum atomic E-state index is 13.1. The number of benzene rings is 2. The van der Waals surface area contributed by atoms with Crippen molar-refractivity contribution in [3.63, 3.8) is 0 Å². The van der Waals surface area contributed by atoms with Crippen LogP contribution in [-0.4, -0.2) is 45.1 Å². The molecule has 1 saturated heterocycles. The molecule has 1 aliphatic rings. The maximum absolute atomic E-state index is 13.1.